The zero-order valence-electron chi connectivity index (χ0n) is 25.8. The van der Waals surface area contributed by atoms with Gasteiger partial charge in [-0.05, 0) is 0 Å². The summed E-state index contributed by atoms with van der Waals surface area (Å²) in [4.78, 5) is 88.7. The predicted octanol–water partition coefficient (Wildman–Crippen LogP) is -9.91. The van der Waals surface area contributed by atoms with E-state index in [1.165, 1.54) is 0 Å². The molecule has 0 saturated heterocycles. The number of rotatable bonds is 22. The predicted molar refractivity (Wildman–Crippen MR) is 129 cm³/mol. The Morgan fingerprint density at radius 1 is 0.326 bits per heavy atom. The Kier molecular flexibility index (Phi) is 34.2. The zero-order valence-corrected chi connectivity index (χ0v) is 30.8. The van der Waals surface area contributed by atoms with Crippen LogP contribution in [0.5, 0.6) is 0 Å². The number of hydrogen-bond acceptors (Lipinski definition) is 12. The number of nitrogens with zero attached hydrogens (tertiary/aromatic N) is 4. The van der Waals surface area contributed by atoms with Crippen LogP contribution in [0.4, 0.5) is 0 Å². The van der Waals surface area contributed by atoms with E-state index >= 15 is 0 Å². The van der Waals surface area contributed by atoms with Crippen molar-refractivity contribution < 1.29 is 161 Å². The number of hydrogen-bond donors (Lipinski definition) is 8. The van der Waals surface area contributed by atoms with E-state index in [1.807, 2.05) is 0 Å². The second-order valence-electron chi connectivity index (χ2n) is 7.99. The summed E-state index contributed by atoms with van der Waals surface area (Å²) in [5.41, 5.74) is 0. The van der Waals surface area contributed by atoms with Crippen molar-refractivity contribution >= 4 is 47.8 Å². The first-order valence-electron chi connectivity index (χ1n) is 11.0. The van der Waals surface area contributed by atoms with Crippen molar-refractivity contribution in [2.24, 2.45) is 0 Å². The first kappa shape index (κ1) is 50.8. The smallest absolute Gasteiger partial charge is 1.00 e. The van der Waals surface area contributed by atoms with E-state index in [-0.39, 0.29) is 108 Å². The van der Waals surface area contributed by atoms with Crippen LogP contribution >= 0.6 is 0 Å². The van der Waals surface area contributed by atoms with E-state index < -0.39 is 100 Å². The molecule has 234 valence electrons. The number of carbonyl (C=O) groups is 8. The van der Waals surface area contributed by atoms with Gasteiger partial charge in [0.15, 0.2) is 0 Å². The third-order valence-electron chi connectivity index (χ3n) is 4.34. The normalized spacial score (nSPS) is 9.95. The molecule has 8 N–H and O–H groups in total. The van der Waals surface area contributed by atoms with Crippen LogP contribution in [-0.4, -0.2) is 187 Å². The van der Waals surface area contributed by atoms with Crippen molar-refractivity contribution in [3.8, 4) is 0 Å². The Morgan fingerprint density at radius 3 is 0.488 bits per heavy atom. The summed E-state index contributed by atoms with van der Waals surface area (Å²) < 4.78 is 0. The van der Waals surface area contributed by atoms with Gasteiger partial charge >= 0.3 is 107 Å². The maximum atomic E-state index is 10.6. The van der Waals surface area contributed by atoms with Crippen LogP contribution in [0, 0.1) is 0 Å². The Balaban J connectivity index is -0.000000116. The van der Waals surface area contributed by atoms with Crippen molar-refractivity contribution in [2.45, 2.75) is 0 Å². The molecule has 0 bridgehead atoms. The fourth-order valence-electron chi connectivity index (χ4n) is 2.95. The van der Waals surface area contributed by atoms with E-state index in [1.54, 1.807) is 0 Å². The van der Waals surface area contributed by atoms with Crippen LogP contribution in [0.3, 0.4) is 0 Å². The van der Waals surface area contributed by atoms with Gasteiger partial charge in [-0.15, -0.1) is 0 Å². The van der Waals surface area contributed by atoms with Crippen LogP contribution in [-0.2, 0) is 57.8 Å². The Hall–Kier alpha value is -1.78. The minimum Gasteiger partial charge on any atom is -1.00 e. The molecule has 0 aliphatic heterocycles. The van der Waals surface area contributed by atoms with E-state index in [0.29, 0.717) is 0 Å². The molecule has 0 heterocycles. The van der Waals surface area contributed by atoms with Gasteiger partial charge in [-0.25, -0.2) is 0 Å². The standard InChI is InChI=1S/2C10H16N2O8.2Na.Zn.2H/c2*13-7(14)3-11(4-8(15)16)1-2-12(5-9(17)18)6-10(19)20;;;;;/h2*1-6H2,(H,13,14)(H,15,16)(H,17,18)(H,19,20);;;;;/q;;2*+1;;2*-1. The van der Waals surface area contributed by atoms with Gasteiger partial charge in [0.2, 0.25) is 0 Å². The second kappa shape index (κ2) is 29.0. The van der Waals surface area contributed by atoms with Crippen molar-refractivity contribution in [1.82, 2.24) is 19.6 Å². The molecule has 0 aromatic rings. The minimum absolute atomic E-state index is 0. The molecule has 0 amide bonds. The summed E-state index contributed by atoms with van der Waals surface area (Å²) in [7, 11) is 0. The van der Waals surface area contributed by atoms with Gasteiger partial charge in [0.05, 0.1) is 52.4 Å². The summed E-state index contributed by atoms with van der Waals surface area (Å²) >= 11 is 0. The van der Waals surface area contributed by atoms with Gasteiger partial charge in [0, 0.05) is 45.7 Å². The molecule has 0 aliphatic carbocycles. The van der Waals surface area contributed by atoms with Crippen molar-refractivity contribution in [3.63, 3.8) is 0 Å². The summed E-state index contributed by atoms with van der Waals surface area (Å²) in [5.74, 6) is -9.82. The maximum absolute atomic E-state index is 10.6. The molecule has 0 atom stereocenters. The molecule has 0 rings (SSSR count). The molecule has 0 aliphatic rings. The summed E-state index contributed by atoms with van der Waals surface area (Å²) in [5, 5.41) is 68.9. The molecule has 23 heteroatoms. The average Bonchev–Trinajstić information content (AvgIpc) is 2.72. The van der Waals surface area contributed by atoms with Gasteiger partial charge in [-0.2, -0.15) is 0 Å². The van der Waals surface area contributed by atoms with Gasteiger partial charge in [0.25, 0.3) is 0 Å². The summed E-state index contributed by atoms with van der Waals surface area (Å²) in [6.45, 7) is -4.50. The zero-order chi connectivity index (χ0) is 31.4. The Morgan fingerprint density at radius 2 is 0.419 bits per heavy atom. The molecule has 0 unspecified atom stereocenters. The van der Waals surface area contributed by atoms with Gasteiger partial charge < -0.3 is 43.7 Å². The van der Waals surface area contributed by atoms with Crippen molar-refractivity contribution in [2.75, 3.05) is 78.5 Å². The molecule has 20 nitrogen and oxygen atoms in total. The fraction of sp³-hybridized carbons (Fsp3) is 0.600. The molecule has 0 fully saturated rings. The largest absolute Gasteiger partial charge is 1.00 e. The van der Waals surface area contributed by atoms with Gasteiger partial charge in [0.1, 0.15) is 0 Å². The monoisotopic (exact) mass is 696 g/mol. The van der Waals surface area contributed by atoms with Crippen LogP contribution < -0.4 is 59.1 Å². The number of carboxylic acid groups (broad SMARTS) is 8. The van der Waals surface area contributed by atoms with E-state index in [0.717, 1.165) is 19.6 Å². The number of aliphatic carboxylic acids is 8. The molecule has 0 aromatic carbocycles. The summed E-state index contributed by atoms with van der Waals surface area (Å²) in [6.07, 6.45) is 0. The molecular weight excluding hydrogens is 664 g/mol. The third-order valence-corrected chi connectivity index (χ3v) is 4.34. The van der Waals surface area contributed by atoms with Crippen molar-refractivity contribution in [1.29, 1.82) is 0 Å². The minimum atomic E-state index is -1.23. The van der Waals surface area contributed by atoms with Crippen molar-refractivity contribution in [3.05, 3.63) is 0 Å². The maximum Gasteiger partial charge on any atom is 1.00 e. The topological polar surface area (TPSA) is 311 Å². The van der Waals surface area contributed by atoms with Crippen LogP contribution in [0.2, 0.25) is 0 Å². The van der Waals surface area contributed by atoms with Crippen LogP contribution in [0.15, 0.2) is 0 Å². The van der Waals surface area contributed by atoms with Gasteiger partial charge in [-0.1, -0.05) is 0 Å². The molecule has 0 radical (unpaired) electrons. The van der Waals surface area contributed by atoms with E-state index in [9.17, 15) is 38.4 Å². The SMILES string of the molecule is O=C(O)CN(CCN(CC(=O)O)CC(=O)O)CC(=O)O.O=C(O)CN(CCN(CC(=O)O)CC(=O)O)CC(=O)O.[H-].[H-].[Na+].[Na+].[Zn]. The third kappa shape index (κ3) is 36.3. The van der Waals surface area contributed by atoms with Crippen LogP contribution in [0.25, 0.3) is 0 Å². The molecular formula is C20H34N4Na2O16Zn. The Labute approximate surface area is 304 Å². The molecule has 0 saturated carbocycles. The number of carboxylic acids is 8. The second-order valence-corrected chi connectivity index (χ2v) is 7.99. The van der Waals surface area contributed by atoms with Crippen LogP contribution in [0.1, 0.15) is 2.85 Å². The molecule has 43 heavy (non-hydrogen) atoms. The van der Waals surface area contributed by atoms with E-state index in [2.05, 4.69) is 0 Å². The quantitative estimate of drug-likeness (QED) is 0.0487. The van der Waals surface area contributed by atoms with Gasteiger partial charge in [-0.3, -0.25) is 58.0 Å². The fourth-order valence-corrected chi connectivity index (χ4v) is 2.95. The van der Waals surface area contributed by atoms with E-state index in [4.69, 9.17) is 40.9 Å². The molecule has 0 spiro atoms. The Bertz CT molecular complexity index is 733. The first-order chi connectivity index (χ1) is 18.4. The summed E-state index contributed by atoms with van der Waals surface area (Å²) in [6, 6.07) is 0. The first-order valence-corrected chi connectivity index (χ1v) is 11.0. The average molecular weight is 698 g/mol. The molecule has 0 aromatic heterocycles.